The first kappa shape index (κ1) is 10.6. The first-order valence-corrected chi connectivity index (χ1v) is 5.91. The molecule has 2 N–H and O–H groups in total. The topological polar surface area (TPSA) is 43.3 Å². The highest BCUT2D eigenvalue weighted by Gasteiger charge is 2.07. The predicted molar refractivity (Wildman–Crippen MR) is 65.0 cm³/mol. The van der Waals surface area contributed by atoms with Gasteiger partial charge in [-0.1, -0.05) is 6.92 Å². The molecule has 80 valence electrons. The summed E-state index contributed by atoms with van der Waals surface area (Å²) in [7, 11) is 0. The van der Waals surface area contributed by atoms with Crippen molar-refractivity contribution in [1.82, 2.24) is 9.38 Å². The largest absolute Gasteiger partial charge is 0.330 e. The fraction of sp³-hybridized carbons (Fsp3) is 0.364. The summed E-state index contributed by atoms with van der Waals surface area (Å²) in [5, 5.41) is 0. The number of imidazole rings is 1. The molecular weight excluding hydrogens is 254 g/mol. The average Bonchev–Trinajstić information content (AvgIpc) is 2.56. The number of nitrogens with two attached hydrogens (primary N) is 1. The van der Waals surface area contributed by atoms with Gasteiger partial charge in [-0.2, -0.15) is 0 Å². The van der Waals surface area contributed by atoms with Crippen LogP contribution in [0.4, 0.5) is 0 Å². The van der Waals surface area contributed by atoms with Crippen LogP contribution in [0.1, 0.15) is 18.2 Å². The van der Waals surface area contributed by atoms with Crippen LogP contribution in [0.2, 0.25) is 0 Å². The Morgan fingerprint density at radius 3 is 3.00 bits per heavy atom. The molecule has 0 amide bonds. The number of nitrogens with zero attached hydrogens (tertiary/aromatic N) is 2. The Morgan fingerprint density at radius 2 is 2.33 bits per heavy atom. The summed E-state index contributed by atoms with van der Waals surface area (Å²) >= 11 is 3.55. The van der Waals surface area contributed by atoms with Crippen LogP contribution in [0.15, 0.2) is 22.9 Å². The Bertz CT molecular complexity index is 476. The summed E-state index contributed by atoms with van der Waals surface area (Å²) in [6, 6.07) is 4.18. The van der Waals surface area contributed by atoms with Crippen molar-refractivity contribution >= 4 is 21.6 Å². The second kappa shape index (κ2) is 4.33. The number of pyridine rings is 1. The maximum absolute atomic E-state index is 5.53. The molecule has 2 aromatic rings. The predicted octanol–water partition coefficient (Wildman–Crippen LogP) is 2.16. The van der Waals surface area contributed by atoms with Crippen molar-refractivity contribution in [3.05, 3.63) is 34.2 Å². The van der Waals surface area contributed by atoms with Crippen LogP contribution in [0.3, 0.4) is 0 Å². The molecule has 3 nitrogen and oxygen atoms in total. The van der Waals surface area contributed by atoms with Crippen LogP contribution in [-0.2, 0) is 12.8 Å². The van der Waals surface area contributed by atoms with Gasteiger partial charge in [0.15, 0.2) is 0 Å². The molecule has 0 atom stereocenters. The monoisotopic (exact) mass is 267 g/mol. The third-order valence-corrected chi connectivity index (χ3v) is 3.31. The van der Waals surface area contributed by atoms with Gasteiger partial charge in [-0.15, -0.1) is 0 Å². The van der Waals surface area contributed by atoms with Crippen molar-refractivity contribution in [2.75, 3.05) is 6.54 Å². The van der Waals surface area contributed by atoms with E-state index < -0.39 is 0 Å². The molecule has 0 spiro atoms. The lowest BCUT2D eigenvalue weighted by molar-refractivity contribution is 0.961. The number of fused-ring (bicyclic) bond motifs is 1. The molecule has 15 heavy (non-hydrogen) atoms. The highest BCUT2D eigenvalue weighted by atomic mass is 79.9. The van der Waals surface area contributed by atoms with Crippen LogP contribution >= 0.6 is 15.9 Å². The first-order valence-electron chi connectivity index (χ1n) is 5.11. The zero-order valence-corrected chi connectivity index (χ0v) is 10.3. The Kier molecular flexibility index (Phi) is 3.07. The van der Waals surface area contributed by atoms with Crippen LogP contribution in [0, 0.1) is 0 Å². The maximum Gasteiger partial charge on any atom is 0.138 e. The molecule has 0 fully saturated rings. The van der Waals surface area contributed by atoms with E-state index >= 15 is 0 Å². The summed E-state index contributed by atoms with van der Waals surface area (Å²) in [4.78, 5) is 4.55. The summed E-state index contributed by atoms with van der Waals surface area (Å²) in [5.74, 6) is 0. The average molecular weight is 268 g/mol. The van der Waals surface area contributed by atoms with Gasteiger partial charge < -0.3 is 5.73 Å². The molecule has 0 bridgehead atoms. The van der Waals surface area contributed by atoms with Crippen LogP contribution in [0.5, 0.6) is 0 Å². The molecule has 0 aliphatic carbocycles. The zero-order chi connectivity index (χ0) is 10.8. The molecule has 0 unspecified atom stereocenters. The second-order valence-electron chi connectivity index (χ2n) is 3.50. The van der Waals surface area contributed by atoms with Crippen molar-refractivity contribution < 1.29 is 0 Å². The minimum absolute atomic E-state index is 0.679. The van der Waals surface area contributed by atoms with E-state index in [4.69, 9.17) is 5.73 Å². The molecule has 2 rings (SSSR count). The van der Waals surface area contributed by atoms with E-state index in [0.29, 0.717) is 6.54 Å². The minimum Gasteiger partial charge on any atom is -0.330 e. The molecule has 0 aromatic carbocycles. The van der Waals surface area contributed by atoms with Crippen molar-refractivity contribution in [2.24, 2.45) is 5.73 Å². The Morgan fingerprint density at radius 1 is 1.53 bits per heavy atom. The molecule has 0 aliphatic rings. The number of halogens is 1. The van der Waals surface area contributed by atoms with Crippen molar-refractivity contribution in [1.29, 1.82) is 0 Å². The molecule has 0 aliphatic heterocycles. The van der Waals surface area contributed by atoms with Crippen molar-refractivity contribution in [3.8, 4) is 0 Å². The molecule has 0 radical (unpaired) electrons. The number of rotatable bonds is 3. The molecule has 4 heteroatoms. The van der Waals surface area contributed by atoms with Gasteiger partial charge in [0.2, 0.25) is 0 Å². The minimum atomic E-state index is 0.679. The molecule has 2 aromatic heterocycles. The smallest absolute Gasteiger partial charge is 0.138 e. The zero-order valence-electron chi connectivity index (χ0n) is 8.70. The lowest BCUT2D eigenvalue weighted by atomic mass is 10.2. The van der Waals surface area contributed by atoms with E-state index in [1.165, 1.54) is 5.56 Å². The number of hydrogen-bond acceptors (Lipinski definition) is 2. The van der Waals surface area contributed by atoms with E-state index in [9.17, 15) is 0 Å². The van der Waals surface area contributed by atoms with Crippen molar-refractivity contribution in [3.63, 3.8) is 0 Å². The van der Waals surface area contributed by atoms with Crippen LogP contribution in [0.25, 0.3) is 5.65 Å². The lowest BCUT2D eigenvalue weighted by Crippen LogP contribution is -2.02. The highest BCUT2D eigenvalue weighted by Crippen LogP contribution is 2.20. The number of aryl methyl sites for hydroxylation is 1. The van der Waals surface area contributed by atoms with E-state index in [1.807, 2.05) is 6.20 Å². The van der Waals surface area contributed by atoms with Gasteiger partial charge >= 0.3 is 0 Å². The summed E-state index contributed by atoms with van der Waals surface area (Å²) in [6.07, 6.45) is 3.88. The van der Waals surface area contributed by atoms with Crippen LogP contribution in [-0.4, -0.2) is 15.9 Å². The summed E-state index contributed by atoms with van der Waals surface area (Å²) in [6.45, 7) is 2.78. The Balaban J connectivity index is 2.53. The van der Waals surface area contributed by atoms with Gasteiger partial charge in [-0.3, -0.25) is 4.40 Å². The Hall–Kier alpha value is -0.870. The summed E-state index contributed by atoms with van der Waals surface area (Å²) < 4.78 is 3.11. The first-order chi connectivity index (χ1) is 7.26. The third-order valence-electron chi connectivity index (χ3n) is 2.47. The van der Waals surface area contributed by atoms with E-state index in [0.717, 1.165) is 28.8 Å². The van der Waals surface area contributed by atoms with Crippen molar-refractivity contribution in [2.45, 2.75) is 19.8 Å². The molecular formula is C11H14BrN3. The lowest BCUT2D eigenvalue weighted by Gasteiger charge is -1.99. The standard InChI is InChI=1S/C11H14BrN3/c1-2-9-11(12)15-6-4-8(3-5-13)7-10(15)14-9/h4,6-7H,2-3,5,13H2,1H3. The fourth-order valence-electron chi connectivity index (χ4n) is 1.65. The maximum atomic E-state index is 5.53. The molecule has 0 saturated heterocycles. The van der Waals surface area contributed by atoms with Gasteiger partial charge in [0.1, 0.15) is 10.3 Å². The highest BCUT2D eigenvalue weighted by molar-refractivity contribution is 9.10. The number of hydrogen-bond donors (Lipinski definition) is 1. The molecule has 0 saturated carbocycles. The second-order valence-corrected chi connectivity index (χ2v) is 4.26. The Labute approximate surface area is 97.4 Å². The van der Waals surface area contributed by atoms with E-state index in [2.05, 4.69) is 44.4 Å². The molecule has 2 heterocycles. The third kappa shape index (κ3) is 1.92. The van der Waals surface area contributed by atoms with Gasteiger partial charge in [0.05, 0.1) is 5.69 Å². The fourth-order valence-corrected chi connectivity index (χ4v) is 2.32. The van der Waals surface area contributed by atoms with Crippen LogP contribution < -0.4 is 5.73 Å². The number of aromatic nitrogens is 2. The quantitative estimate of drug-likeness (QED) is 0.927. The van der Waals surface area contributed by atoms with E-state index in [-0.39, 0.29) is 0 Å². The summed E-state index contributed by atoms with van der Waals surface area (Å²) in [5.41, 5.74) is 8.86. The SMILES string of the molecule is CCc1nc2cc(CCN)ccn2c1Br. The van der Waals surface area contributed by atoms with E-state index in [1.54, 1.807) is 0 Å². The normalized spacial score (nSPS) is 11.1. The van der Waals surface area contributed by atoms with Gasteiger partial charge in [0, 0.05) is 6.20 Å². The van der Waals surface area contributed by atoms with Gasteiger partial charge in [0.25, 0.3) is 0 Å². The van der Waals surface area contributed by atoms with Gasteiger partial charge in [-0.25, -0.2) is 4.98 Å². The van der Waals surface area contributed by atoms with Gasteiger partial charge in [-0.05, 0) is 53.0 Å².